The number of rotatable bonds is 3. The van der Waals surface area contributed by atoms with Gasteiger partial charge in [0.25, 0.3) is 5.56 Å². The van der Waals surface area contributed by atoms with E-state index in [1.54, 1.807) is 12.3 Å². The number of carbonyl (C=O) groups excluding carboxylic acids is 1. The summed E-state index contributed by atoms with van der Waals surface area (Å²) in [7, 11) is 0. The Balaban J connectivity index is 1.49. The molecule has 132 valence electrons. The van der Waals surface area contributed by atoms with Gasteiger partial charge < -0.3 is 10.1 Å². The first-order valence-corrected chi connectivity index (χ1v) is 9.11. The highest BCUT2D eigenvalue weighted by atomic mass is 32.1. The lowest BCUT2D eigenvalue weighted by atomic mass is 10.1. The molecule has 0 bridgehead atoms. The summed E-state index contributed by atoms with van der Waals surface area (Å²) in [6.45, 7) is 2.63. The fraction of sp³-hybridized carbons (Fsp3) is 0.500. The zero-order valence-corrected chi connectivity index (χ0v) is 14.6. The van der Waals surface area contributed by atoms with Crippen molar-refractivity contribution in [2.45, 2.75) is 38.3 Å². The largest absolute Gasteiger partial charge is 0.377 e. The molecule has 8 nitrogen and oxygen atoms in total. The van der Waals surface area contributed by atoms with E-state index in [0.717, 1.165) is 35.4 Å². The Hall–Kier alpha value is -2.26. The monoisotopic (exact) mass is 361 g/mol. The van der Waals surface area contributed by atoms with Crippen molar-refractivity contribution in [2.24, 2.45) is 0 Å². The molecule has 2 aromatic rings. The summed E-state index contributed by atoms with van der Waals surface area (Å²) < 4.78 is 6.97. The Morgan fingerprint density at radius 2 is 2.28 bits per heavy atom. The van der Waals surface area contributed by atoms with Gasteiger partial charge in [0, 0.05) is 17.1 Å². The Morgan fingerprint density at radius 1 is 1.40 bits per heavy atom. The van der Waals surface area contributed by atoms with Crippen molar-refractivity contribution in [1.29, 1.82) is 0 Å². The summed E-state index contributed by atoms with van der Waals surface area (Å²) in [5, 5.41) is 10.6. The summed E-state index contributed by atoms with van der Waals surface area (Å²) in [5.74, 6) is 0. The van der Waals surface area contributed by atoms with E-state index >= 15 is 0 Å². The molecule has 2 N–H and O–H groups in total. The van der Waals surface area contributed by atoms with Gasteiger partial charge in [0.05, 0.1) is 24.9 Å². The molecule has 1 aliphatic heterocycles. The van der Waals surface area contributed by atoms with Gasteiger partial charge >= 0.3 is 6.03 Å². The number of thiazole rings is 1. The molecule has 3 heterocycles. The minimum Gasteiger partial charge on any atom is -0.377 e. The average Bonchev–Trinajstić information content (AvgIpc) is 3.28. The first-order valence-electron chi connectivity index (χ1n) is 8.29. The van der Waals surface area contributed by atoms with Crippen LogP contribution in [0.5, 0.6) is 0 Å². The lowest BCUT2D eigenvalue weighted by molar-refractivity contribution is 0.180. The van der Waals surface area contributed by atoms with Gasteiger partial charge in [-0.3, -0.25) is 10.1 Å². The minimum absolute atomic E-state index is 0.140. The topological polar surface area (TPSA) is 98.1 Å². The number of carbonyl (C=O) groups is 1. The van der Waals surface area contributed by atoms with Crippen molar-refractivity contribution >= 4 is 22.5 Å². The Kier molecular flexibility index (Phi) is 4.26. The second-order valence-corrected chi connectivity index (χ2v) is 7.57. The summed E-state index contributed by atoms with van der Waals surface area (Å²) in [5.41, 5.74) is 1.88. The molecular formula is C16H19N5O3S. The van der Waals surface area contributed by atoms with Crippen LogP contribution in [0.3, 0.4) is 0 Å². The second-order valence-electron chi connectivity index (χ2n) is 6.34. The maximum Gasteiger partial charge on any atom is 0.321 e. The molecule has 0 aromatic carbocycles. The number of amides is 2. The van der Waals surface area contributed by atoms with Crippen molar-refractivity contribution in [2.75, 3.05) is 18.5 Å². The molecule has 0 saturated carbocycles. The number of hydrogen-bond acceptors (Lipinski definition) is 6. The highest BCUT2D eigenvalue weighted by Gasteiger charge is 2.33. The fourth-order valence-corrected chi connectivity index (χ4v) is 3.95. The second kappa shape index (κ2) is 6.57. The lowest BCUT2D eigenvalue weighted by Gasteiger charge is -2.20. The smallest absolute Gasteiger partial charge is 0.321 e. The normalized spacial score (nSPS) is 22.0. The summed E-state index contributed by atoms with van der Waals surface area (Å²) in [6, 6.07) is 0.695. The van der Waals surface area contributed by atoms with E-state index in [1.807, 2.05) is 6.92 Å². The van der Waals surface area contributed by atoms with Crippen LogP contribution in [-0.2, 0) is 17.6 Å². The van der Waals surface area contributed by atoms with Gasteiger partial charge in [-0.2, -0.15) is 5.10 Å². The van der Waals surface area contributed by atoms with Crippen molar-refractivity contribution in [3.05, 3.63) is 38.8 Å². The zero-order valence-electron chi connectivity index (χ0n) is 13.8. The highest BCUT2D eigenvalue weighted by molar-refractivity contribution is 7.15. The van der Waals surface area contributed by atoms with Crippen LogP contribution in [0.4, 0.5) is 9.93 Å². The summed E-state index contributed by atoms with van der Waals surface area (Å²) in [4.78, 5) is 29.7. The number of hydrogen-bond donors (Lipinski definition) is 2. The van der Waals surface area contributed by atoms with Gasteiger partial charge in [-0.1, -0.05) is 0 Å². The Labute approximate surface area is 148 Å². The molecule has 9 heteroatoms. The Morgan fingerprint density at radius 3 is 3.08 bits per heavy atom. The van der Waals surface area contributed by atoms with Crippen LogP contribution >= 0.6 is 11.3 Å². The SMILES string of the molecule is Cc1cnc(NC(=O)NC2COCC2n2nc3c(cc2=O)CCC3)s1. The number of anilines is 1. The van der Waals surface area contributed by atoms with Crippen LogP contribution in [-0.4, -0.2) is 40.1 Å². The predicted molar refractivity (Wildman–Crippen MR) is 93.2 cm³/mol. The van der Waals surface area contributed by atoms with Crippen molar-refractivity contribution in [3.8, 4) is 0 Å². The predicted octanol–water partition coefficient (Wildman–Crippen LogP) is 1.26. The fourth-order valence-electron chi connectivity index (χ4n) is 3.29. The van der Waals surface area contributed by atoms with Crippen molar-refractivity contribution in [1.82, 2.24) is 20.1 Å². The van der Waals surface area contributed by atoms with Crippen molar-refractivity contribution < 1.29 is 9.53 Å². The number of nitrogens with zero attached hydrogens (tertiary/aromatic N) is 3. The van der Waals surface area contributed by atoms with Crippen molar-refractivity contribution in [3.63, 3.8) is 0 Å². The molecule has 2 amide bonds. The van der Waals surface area contributed by atoms with Gasteiger partial charge in [-0.15, -0.1) is 11.3 Å². The van der Waals surface area contributed by atoms with Crippen LogP contribution in [0.25, 0.3) is 0 Å². The third-order valence-corrected chi connectivity index (χ3v) is 5.33. The lowest BCUT2D eigenvalue weighted by Crippen LogP contribution is -2.45. The molecule has 2 aliphatic rings. The molecule has 1 saturated heterocycles. The number of urea groups is 1. The zero-order chi connectivity index (χ0) is 17.4. The molecule has 2 aromatic heterocycles. The van der Waals surface area contributed by atoms with E-state index in [9.17, 15) is 9.59 Å². The Bertz CT molecular complexity index is 862. The summed E-state index contributed by atoms with van der Waals surface area (Å²) >= 11 is 1.41. The maximum absolute atomic E-state index is 12.4. The molecule has 2 atom stereocenters. The van der Waals surface area contributed by atoms with Crippen LogP contribution < -0.4 is 16.2 Å². The molecule has 0 spiro atoms. The van der Waals surface area contributed by atoms with Gasteiger partial charge in [-0.25, -0.2) is 14.5 Å². The van der Waals surface area contributed by atoms with Crippen LogP contribution in [0.2, 0.25) is 0 Å². The van der Waals surface area contributed by atoms with E-state index in [2.05, 4.69) is 20.7 Å². The minimum atomic E-state index is -0.357. The molecule has 2 unspecified atom stereocenters. The summed E-state index contributed by atoms with van der Waals surface area (Å²) in [6.07, 6.45) is 4.54. The molecule has 0 radical (unpaired) electrons. The molecular weight excluding hydrogens is 342 g/mol. The van der Waals surface area contributed by atoms with Crippen LogP contribution in [0.1, 0.15) is 28.6 Å². The van der Waals surface area contributed by atoms with E-state index in [1.165, 1.54) is 16.0 Å². The number of nitrogens with one attached hydrogen (secondary N) is 2. The number of ether oxygens (including phenoxy) is 1. The van der Waals surface area contributed by atoms with E-state index < -0.39 is 0 Å². The van der Waals surface area contributed by atoms with Gasteiger partial charge in [-0.05, 0) is 31.7 Å². The molecule has 25 heavy (non-hydrogen) atoms. The van der Waals surface area contributed by atoms with E-state index in [0.29, 0.717) is 18.3 Å². The maximum atomic E-state index is 12.4. The quantitative estimate of drug-likeness (QED) is 0.858. The molecule has 4 rings (SSSR count). The number of fused-ring (bicyclic) bond motifs is 1. The first kappa shape index (κ1) is 16.2. The van der Waals surface area contributed by atoms with E-state index in [-0.39, 0.29) is 23.7 Å². The third kappa shape index (κ3) is 3.29. The van der Waals surface area contributed by atoms with Crippen LogP contribution in [0, 0.1) is 6.92 Å². The van der Waals surface area contributed by atoms with Gasteiger partial charge in [0.2, 0.25) is 0 Å². The standard InChI is InChI=1S/C16H19N5O3S/c1-9-6-17-16(25-9)19-15(23)18-12-7-24-8-13(12)21-14(22)5-10-3-2-4-11(10)20-21/h5-6,12-13H,2-4,7-8H2,1H3,(H2,17,18,19,23). The van der Waals surface area contributed by atoms with Gasteiger partial charge in [0.1, 0.15) is 6.04 Å². The van der Waals surface area contributed by atoms with Gasteiger partial charge in [0.15, 0.2) is 5.13 Å². The molecule has 1 aliphatic carbocycles. The average molecular weight is 361 g/mol. The number of aromatic nitrogens is 3. The third-order valence-electron chi connectivity index (χ3n) is 4.51. The highest BCUT2D eigenvalue weighted by Crippen LogP contribution is 2.22. The first-order chi connectivity index (χ1) is 12.1. The van der Waals surface area contributed by atoms with E-state index in [4.69, 9.17) is 4.74 Å². The van der Waals surface area contributed by atoms with Crippen LogP contribution in [0.15, 0.2) is 17.1 Å². The molecule has 1 fully saturated rings. The number of aryl methyl sites for hydroxylation is 3.